The van der Waals surface area contributed by atoms with Crippen LogP contribution in [-0.2, 0) is 19.4 Å². The predicted octanol–water partition coefficient (Wildman–Crippen LogP) is 6.73. The summed E-state index contributed by atoms with van der Waals surface area (Å²) in [5.74, 6) is 0.570. The normalized spacial score (nSPS) is 11.6. The van der Waals surface area contributed by atoms with Gasteiger partial charge in [0, 0.05) is 23.4 Å². The zero-order valence-electron chi connectivity index (χ0n) is 18.2. The van der Waals surface area contributed by atoms with Gasteiger partial charge in [-0.05, 0) is 46.9 Å². The first-order valence-electron chi connectivity index (χ1n) is 10.8. The first-order valence-corrected chi connectivity index (χ1v) is 10.8. The Kier molecular flexibility index (Phi) is 8.62. The summed E-state index contributed by atoms with van der Waals surface area (Å²) in [6.07, 6.45) is 4.90. The molecule has 28 heavy (non-hydrogen) atoms. The van der Waals surface area contributed by atoms with Crippen LogP contribution in [0.25, 0.3) is 11.1 Å². The average molecular weight is 386 g/mol. The fourth-order valence-corrected chi connectivity index (χ4v) is 3.92. The van der Waals surface area contributed by atoms with Crippen LogP contribution in [0.4, 0.5) is 4.39 Å². The van der Waals surface area contributed by atoms with Crippen LogP contribution in [0.5, 0.6) is 0 Å². The number of pyridine rings is 1. The van der Waals surface area contributed by atoms with Gasteiger partial charge in [-0.3, -0.25) is 9.37 Å². The van der Waals surface area contributed by atoms with Crippen LogP contribution in [0.15, 0.2) is 24.3 Å². The maximum Gasteiger partial charge on any atom is 0.0934 e. The number of unbranched alkanes of at least 4 members (excludes halogenated alkanes) is 2. The monoisotopic (exact) mass is 385 g/mol. The van der Waals surface area contributed by atoms with Gasteiger partial charge in [-0.25, -0.2) is 0 Å². The molecular formula is C25H36FNO. The number of benzene rings is 1. The van der Waals surface area contributed by atoms with Crippen molar-refractivity contribution in [1.29, 1.82) is 0 Å². The number of hydrogen-bond donors (Lipinski definition) is 1. The standard InChI is InChI=1S/C25H36FNO/c1-6-7-8-9-21-23(20-12-10-19(11-13-20)14-15-26)22(16-28)25(18(4)5)27-24(21)17(2)3/h10-13,17-18,28H,6-9,14-16H2,1-5H3. The molecule has 0 fully saturated rings. The van der Waals surface area contributed by atoms with Crippen LogP contribution in [0.1, 0.15) is 93.8 Å². The van der Waals surface area contributed by atoms with Crippen LogP contribution in [-0.4, -0.2) is 16.8 Å². The second kappa shape index (κ2) is 10.7. The third kappa shape index (κ3) is 5.20. The topological polar surface area (TPSA) is 33.1 Å². The van der Waals surface area contributed by atoms with Crippen molar-refractivity contribution in [3.05, 3.63) is 52.3 Å². The summed E-state index contributed by atoms with van der Waals surface area (Å²) in [7, 11) is 0. The Bertz CT molecular complexity index is 750. The molecule has 0 radical (unpaired) electrons. The highest BCUT2D eigenvalue weighted by molar-refractivity contribution is 5.73. The molecule has 2 nitrogen and oxygen atoms in total. The molecule has 0 atom stereocenters. The smallest absolute Gasteiger partial charge is 0.0934 e. The summed E-state index contributed by atoms with van der Waals surface area (Å²) in [5.41, 5.74) is 7.62. The lowest BCUT2D eigenvalue weighted by Crippen LogP contribution is -2.12. The molecule has 1 N–H and O–H groups in total. The molecule has 0 unspecified atom stereocenters. The molecule has 1 aromatic carbocycles. The maximum atomic E-state index is 12.7. The van der Waals surface area contributed by atoms with Crippen LogP contribution in [0, 0.1) is 0 Å². The van der Waals surface area contributed by atoms with Crippen LogP contribution in [0.3, 0.4) is 0 Å². The number of halogens is 1. The quantitative estimate of drug-likeness (QED) is 0.460. The molecule has 1 heterocycles. The Morgan fingerprint density at radius 2 is 1.50 bits per heavy atom. The number of alkyl halides is 1. The van der Waals surface area contributed by atoms with Gasteiger partial charge in [-0.15, -0.1) is 0 Å². The van der Waals surface area contributed by atoms with Gasteiger partial charge in [-0.1, -0.05) is 71.7 Å². The summed E-state index contributed by atoms with van der Waals surface area (Å²) >= 11 is 0. The van der Waals surface area contributed by atoms with Crippen molar-refractivity contribution in [3.63, 3.8) is 0 Å². The maximum absolute atomic E-state index is 12.7. The Hall–Kier alpha value is -1.74. The van der Waals surface area contributed by atoms with Gasteiger partial charge in [0.2, 0.25) is 0 Å². The van der Waals surface area contributed by atoms with Gasteiger partial charge in [-0.2, -0.15) is 0 Å². The van der Waals surface area contributed by atoms with Gasteiger partial charge in [0.15, 0.2) is 0 Å². The fourth-order valence-electron chi connectivity index (χ4n) is 3.92. The van der Waals surface area contributed by atoms with E-state index in [4.69, 9.17) is 4.98 Å². The molecule has 0 bridgehead atoms. The molecule has 3 heteroatoms. The number of aromatic nitrogens is 1. The molecule has 0 aliphatic rings. The van der Waals surface area contributed by atoms with Crippen LogP contribution < -0.4 is 0 Å². The highest BCUT2D eigenvalue weighted by atomic mass is 19.1. The van der Waals surface area contributed by atoms with E-state index in [0.29, 0.717) is 12.3 Å². The lowest BCUT2D eigenvalue weighted by molar-refractivity contribution is 0.279. The molecule has 0 amide bonds. The van der Waals surface area contributed by atoms with Crippen molar-refractivity contribution in [3.8, 4) is 11.1 Å². The Morgan fingerprint density at radius 3 is 2.00 bits per heavy atom. The minimum atomic E-state index is -0.340. The minimum absolute atomic E-state index is 0.0127. The van der Waals surface area contributed by atoms with Gasteiger partial charge in [0.25, 0.3) is 0 Å². The first-order chi connectivity index (χ1) is 13.4. The van der Waals surface area contributed by atoms with Crippen molar-refractivity contribution in [2.75, 3.05) is 6.67 Å². The summed E-state index contributed by atoms with van der Waals surface area (Å²) in [6, 6.07) is 8.18. The van der Waals surface area contributed by atoms with Crippen molar-refractivity contribution in [1.82, 2.24) is 4.98 Å². The van der Waals surface area contributed by atoms with Gasteiger partial charge < -0.3 is 5.11 Å². The molecule has 0 spiro atoms. The second-order valence-corrected chi connectivity index (χ2v) is 8.27. The van der Waals surface area contributed by atoms with Crippen molar-refractivity contribution in [2.45, 2.75) is 85.2 Å². The molecule has 0 aliphatic carbocycles. The number of rotatable bonds is 10. The van der Waals surface area contributed by atoms with E-state index < -0.39 is 0 Å². The third-order valence-corrected chi connectivity index (χ3v) is 5.37. The van der Waals surface area contributed by atoms with E-state index in [2.05, 4.69) is 46.8 Å². The SMILES string of the molecule is CCCCCc1c(C(C)C)nc(C(C)C)c(CO)c1-c1ccc(CCF)cc1. The third-order valence-electron chi connectivity index (χ3n) is 5.37. The highest BCUT2D eigenvalue weighted by Crippen LogP contribution is 2.37. The van der Waals surface area contributed by atoms with Crippen LogP contribution in [0.2, 0.25) is 0 Å². The van der Waals surface area contributed by atoms with Crippen LogP contribution >= 0.6 is 0 Å². The predicted molar refractivity (Wildman–Crippen MR) is 117 cm³/mol. The molecule has 2 rings (SSSR count). The summed E-state index contributed by atoms with van der Waals surface area (Å²) < 4.78 is 12.7. The van der Waals surface area contributed by atoms with E-state index in [9.17, 15) is 9.50 Å². The average Bonchev–Trinajstić information content (AvgIpc) is 2.67. The summed E-state index contributed by atoms with van der Waals surface area (Å²) in [5, 5.41) is 10.3. The van der Waals surface area contributed by atoms with E-state index in [0.717, 1.165) is 46.5 Å². The molecule has 2 aromatic rings. The van der Waals surface area contributed by atoms with E-state index >= 15 is 0 Å². The summed E-state index contributed by atoms with van der Waals surface area (Å²) in [4.78, 5) is 5.04. The molecule has 0 saturated carbocycles. The van der Waals surface area contributed by atoms with E-state index in [-0.39, 0.29) is 19.2 Å². The lowest BCUT2D eigenvalue weighted by atomic mass is 9.85. The number of aliphatic hydroxyl groups excluding tert-OH is 1. The van der Waals surface area contributed by atoms with Gasteiger partial charge in [0.1, 0.15) is 0 Å². The van der Waals surface area contributed by atoms with Gasteiger partial charge >= 0.3 is 0 Å². The second-order valence-electron chi connectivity index (χ2n) is 8.27. The minimum Gasteiger partial charge on any atom is -0.392 e. The molecule has 0 aliphatic heterocycles. The van der Waals surface area contributed by atoms with E-state index in [1.165, 1.54) is 18.4 Å². The fraction of sp³-hybridized carbons (Fsp3) is 0.560. The zero-order valence-corrected chi connectivity index (χ0v) is 18.2. The van der Waals surface area contributed by atoms with Crippen molar-refractivity contribution in [2.24, 2.45) is 0 Å². The number of aliphatic hydroxyl groups is 1. The van der Waals surface area contributed by atoms with Crippen molar-refractivity contribution >= 4 is 0 Å². The molecule has 154 valence electrons. The number of nitrogens with zero attached hydrogens (tertiary/aromatic N) is 1. The largest absolute Gasteiger partial charge is 0.392 e. The molecule has 1 aromatic heterocycles. The highest BCUT2D eigenvalue weighted by Gasteiger charge is 2.23. The van der Waals surface area contributed by atoms with E-state index in [1.54, 1.807) is 0 Å². The Labute approximate surface area is 170 Å². The molecule has 0 saturated heterocycles. The van der Waals surface area contributed by atoms with E-state index in [1.807, 2.05) is 12.1 Å². The lowest BCUT2D eigenvalue weighted by Gasteiger charge is -2.24. The Balaban J connectivity index is 2.72. The Morgan fingerprint density at radius 1 is 0.893 bits per heavy atom. The number of aryl methyl sites for hydroxylation is 1. The summed E-state index contributed by atoms with van der Waals surface area (Å²) in [6.45, 7) is 10.5. The molecular weight excluding hydrogens is 349 g/mol. The van der Waals surface area contributed by atoms with Crippen molar-refractivity contribution < 1.29 is 9.50 Å². The number of hydrogen-bond acceptors (Lipinski definition) is 2. The first kappa shape index (κ1) is 22.5. The zero-order chi connectivity index (χ0) is 20.7. The van der Waals surface area contributed by atoms with Gasteiger partial charge in [0.05, 0.1) is 13.3 Å².